The summed E-state index contributed by atoms with van der Waals surface area (Å²) in [4.78, 5) is 18.6. The van der Waals surface area contributed by atoms with E-state index < -0.39 is 6.10 Å². The molecule has 1 heterocycles. The minimum absolute atomic E-state index is 0.102. The van der Waals surface area contributed by atoms with Crippen LogP contribution < -0.4 is 4.90 Å². The Balaban J connectivity index is 1.70. The molecule has 1 N–H and O–H groups in total. The Morgan fingerprint density at radius 3 is 2.36 bits per heavy atom. The lowest BCUT2D eigenvalue weighted by atomic mass is 10.2. The summed E-state index contributed by atoms with van der Waals surface area (Å²) < 4.78 is 5.45. The lowest BCUT2D eigenvalue weighted by molar-refractivity contribution is -0.120. The molecule has 1 aromatic rings. The second-order valence-electron chi connectivity index (χ2n) is 6.90. The van der Waals surface area contributed by atoms with Crippen molar-refractivity contribution in [1.82, 2.24) is 9.80 Å². The van der Waals surface area contributed by atoms with Gasteiger partial charge in [-0.15, -0.1) is 0 Å². The number of anilines is 1. The molecular formula is C19H31N3O3. The van der Waals surface area contributed by atoms with E-state index in [-0.39, 0.29) is 12.0 Å². The number of rotatable bonds is 8. The number of carbonyl (C=O) groups is 1. The number of β-amino-alcohol motifs (C(OH)–C–C–N with tert-alkyl or cyclic N) is 1. The van der Waals surface area contributed by atoms with E-state index in [1.807, 2.05) is 51.2 Å². The largest absolute Gasteiger partial charge is 0.389 e. The Morgan fingerprint density at radius 2 is 1.76 bits per heavy atom. The summed E-state index contributed by atoms with van der Waals surface area (Å²) in [5.41, 5.74) is 0.916. The van der Waals surface area contributed by atoms with Crippen molar-refractivity contribution in [2.24, 2.45) is 0 Å². The van der Waals surface area contributed by atoms with Gasteiger partial charge in [0.05, 0.1) is 25.4 Å². The van der Waals surface area contributed by atoms with Gasteiger partial charge in [-0.3, -0.25) is 14.6 Å². The average Bonchev–Trinajstić information content (AvgIpc) is 2.61. The fraction of sp³-hybridized carbons (Fsp3) is 0.632. The molecule has 0 aliphatic carbocycles. The molecule has 1 aliphatic rings. The Morgan fingerprint density at radius 1 is 1.16 bits per heavy atom. The van der Waals surface area contributed by atoms with Crippen LogP contribution in [0.1, 0.15) is 13.8 Å². The van der Waals surface area contributed by atoms with Crippen LogP contribution in [0.4, 0.5) is 5.69 Å². The lowest BCUT2D eigenvalue weighted by Crippen LogP contribution is -2.51. The van der Waals surface area contributed by atoms with E-state index in [1.54, 1.807) is 4.90 Å². The average molecular weight is 349 g/mol. The number of para-hydroxylation sites is 1. The fourth-order valence-electron chi connectivity index (χ4n) is 2.88. The highest BCUT2D eigenvalue weighted by Crippen LogP contribution is 2.12. The van der Waals surface area contributed by atoms with Crippen LogP contribution in [0.2, 0.25) is 0 Å². The number of nitrogens with zero attached hydrogens (tertiary/aromatic N) is 3. The molecule has 1 aliphatic heterocycles. The Labute approximate surface area is 151 Å². The van der Waals surface area contributed by atoms with Crippen molar-refractivity contribution < 1.29 is 14.6 Å². The molecule has 1 amide bonds. The van der Waals surface area contributed by atoms with Crippen LogP contribution in [-0.2, 0) is 9.53 Å². The third kappa shape index (κ3) is 6.74. The highest BCUT2D eigenvalue weighted by atomic mass is 16.5. The summed E-state index contributed by atoms with van der Waals surface area (Å²) in [5.74, 6) is 0.102. The molecule has 0 aromatic heterocycles. The van der Waals surface area contributed by atoms with Crippen molar-refractivity contribution in [3.63, 3.8) is 0 Å². The van der Waals surface area contributed by atoms with Gasteiger partial charge in [-0.05, 0) is 26.0 Å². The quantitative estimate of drug-likeness (QED) is 0.760. The van der Waals surface area contributed by atoms with Crippen molar-refractivity contribution >= 4 is 11.6 Å². The summed E-state index contributed by atoms with van der Waals surface area (Å²) in [7, 11) is 1.82. The van der Waals surface area contributed by atoms with Crippen molar-refractivity contribution in [2.75, 3.05) is 57.8 Å². The van der Waals surface area contributed by atoms with Crippen LogP contribution in [0, 0.1) is 0 Å². The molecule has 2 rings (SSSR count). The summed E-state index contributed by atoms with van der Waals surface area (Å²) in [5, 5.41) is 10.0. The van der Waals surface area contributed by atoms with Gasteiger partial charge in [0, 0.05) is 45.5 Å². The molecule has 0 radical (unpaired) electrons. The smallest absolute Gasteiger partial charge is 0.240 e. The molecule has 0 bridgehead atoms. The third-order valence-corrected chi connectivity index (χ3v) is 4.43. The van der Waals surface area contributed by atoms with Crippen LogP contribution in [0.3, 0.4) is 0 Å². The number of piperazine rings is 1. The van der Waals surface area contributed by atoms with E-state index in [2.05, 4.69) is 9.80 Å². The number of benzene rings is 1. The zero-order chi connectivity index (χ0) is 18.2. The standard InChI is InChI=1S/C19H31N3O3/c1-16(2)25-15-18(23)13-21-9-11-22(12-10-21)14-19(24)20(3)17-7-5-4-6-8-17/h4-8,16,18,23H,9-15H2,1-3H3. The lowest BCUT2D eigenvalue weighted by Gasteiger charge is -2.35. The Hall–Kier alpha value is -1.47. The monoisotopic (exact) mass is 349 g/mol. The van der Waals surface area contributed by atoms with Gasteiger partial charge >= 0.3 is 0 Å². The Kier molecular flexibility index (Phi) is 7.84. The van der Waals surface area contributed by atoms with Crippen molar-refractivity contribution in [1.29, 1.82) is 0 Å². The van der Waals surface area contributed by atoms with E-state index in [0.29, 0.717) is 19.7 Å². The first-order valence-corrected chi connectivity index (χ1v) is 9.01. The molecule has 1 fully saturated rings. The molecule has 1 saturated heterocycles. The zero-order valence-corrected chi connectivity index (χ0v) is 15.6. The van der Waals surface area contributed by atoms with Gasteiger partial charge in [0.1, 0.15) is 0 Å². The number of hydrogen-bond donors (Lipinski definition) is 1. The topological polar surface area (TPSA) is 56.3 Å². The van der Waals surface area contributed by atoms with Gasteiger partial charge in [-0.25, -0.2) is 0 Å². The van der Waals surface area contributed by atoms with Gasteiger partial charge < -0.3 is 14.7 Å². The molecular weight excluding hydrogens is 318 g/mol. The van der Waals surface area contributed by atoms with Crippen molar-refractivity contribution in [3.05, 3.63) is 30.3 Å². The molecule has 1 aromatic carbocycles. The number of ether oxygens (including phenoxy) is 1. The first-order valence-electron chi connectivity index (χ1n) is 9.01. The highest BCUT2D eigenvalue weighted by Gasteiger charge is 2.22. The van der Waals surface area contributed by atoms with Crippen LogP contribution in [0.25, 0.3) is 0 Å². The van der Waals surface area contributed by atoms with Gasteiger partial charge in [0.15, 0.2) is 0 Å². The SMILES string of the molecule is CC(C)OCC(O)CN1CCN(CC(=O)N(C)c2ccccc2)CC1. The summed E-state index contributed by atoms with van der Waals surface area (Å²) >= 11 is 0. The zero-order valence-electron chi connectivity index (χ0n) is 15.6. The van der Waals surface area contributed by atoms with Crippen molar-refractivity contribution in [2.45, 2.75) is 26.1 Å². The fourth-order valence-corrected chi connectivity index (χ4v) is 2.88. The molecule has 6 heteroatoms. The van der Waals surface area contributed by atoms with Gasteiger partial charge in [-0.1, -0.05) is 18.2 Å². The molecule has 0 spiro atoms. The van der Waals surface area contributed by atoms with Crippen molar-refractivity contribution in [3.8, 4) is 0 Å². The molecule has 1 atom stereocenters. The van der Waals surface area contributed by atoms with Crippen LogP contribution in [0.5, 0.6) is 0 Å². The summed E-state index contributed by atoms with van der Waals surface area (Å²) in [6, 6.07) is 9.70. The second-order valence-corrected chi connectivity index (χ2v) is 6.90. The first kappa shape index (κ1) is 19.8. The van der Waals surface area contributed by atoms with E-state index in [1.165, 1.54) is 0 Å². The predicted octanol–water partition coefficient (Wildman–Crippen LogP) is 1.05. The number of likely N-dealkylation sites (N-methyl/N-ethyl adjacent to an activating group) is 1. The van der Waals surface area contributed by atoms with Gasteiger partial charge in [-0.2, -0.15) is 0 Å². The maximum absolute atomic E-state index is 12.4. The minimum atomic E-state index is -0.459. The summed E-state index contributed by atoms with van der Waals surface area (Å²) in [6.07, 6.45) is -0.320. The number of carbonyl (C=O) groups excluding carboxylic acids is 1. The second kappa shape index (κ2) is 9.87. The van der Waals surface area contributed by atoms with E-state index in [0.717, 1.165) is 31.9 Å². The number of amides is 1. The third-order valence-electron chi connectivity index (χ3n) is 4.43. The summed E-state index contributed by atoms with van der Waals surface area (Å²) in [6.45, 7) is 8.76. The van der Waals surface area contributed by atoms with Gasteiger partial charge in [0.25, 0.3) is 0 Å². The Bertz CT molecular complexity index is 516. The van der Waals surface area contributed by atoms with Crippen LogP contribution in [-0.4, -0.2) is 85.9 Å². The van der Waals surface area contributed by atoms with E-state index in [9.17, 15) is 9.90 Å². The van der Waals surface area contributed by atoms with Crippen LogP contribution in [0.15, 0.2) is 30.3 Å². The van der Waals surface area contributed by atoms with Gasteiger partial charge in [0.2, 0.25) is 5.91 Å². The maximum atomic E-state index is 12.4. The van der Waals surface area contributed by atoms with E-state index >= 15 is 0 Å². The maximum Gasteiger partial charge on any atom is 0.240 e. The molecule has 6 nitrogen and oxygen atoms in total. The molecule has 0 saturated carbocycles. The minimum Gasteiger partial charge on any atom is -0.389 e. The molecule has 1 unspecified atom stereocenters. The number of hydrogen-bond acceptors (Lipinski definition) is 5. The molecule has 25 heavy (non-hydrogen) atoms. The first-order chi connectivity index (χ1) is 12.0. The van der Waals surface area contributed by atoms with Crippen LogP contribution >= 0.6 is 0 Å². The normalized spacial score (nSPS) is 17.6. The molecule has 140 valence electrons. The van der Waals surface area contributed by atoms with E-state index in [4.69, 9.17) is 4.74 Å². The number of aliphatic hydroxyl groups is 1. The highest BCUT2D eigenvalue weighted by molar-refractivity contribution is 5.94. The predicted molar refractivity (Wildman–Crippen MR) is 99.8 cm³/mol. The number of aliphatic hydroxyl groups excluding tert-OH is 1.